The summed E-state index contributed by atoms with van der Waals surface area (Å²) in [6.45, 7) is 3.86. The van der Waals surface area contributed by atoms with Crippen LogP contribution in [0.4, 0.5) is 0 Å². The summed E-state index contributed by atoms with van der Waals surface area (Å²) < 4.78 is 0. The van der Waals surface area contributed by atoms with Crippen molar-refractivity contribution >= 4 is 28.7 Å². The number of amides is 2. The molecule has 2 amide bonds. The third-order valence-corrected chi connectivity index (χ3v) is 7.41. The summed E-state index contributed by atoms with van der Waals surface area (Å²) >= 11 is 1.41. The molecule has 0 radical (unpaired) electrons. The van der Waals surface area contributed by atoms with Gasteiger partial charge in [-0.15, -0.1) is 0 Å². The summed E-state index contributed by atoms with van der Waals surface area (Å²) in [5, 5.41) is 6.49. The SMILES string of the molecule is CC(C)C(=O)SCCCCC[C@H](NC(=O)C1CCCCC1)C(=O)NC1CCCC1. The molecule has 2 fully saturated rings. The molecule has 2 N–H and O–H groups in total. The fourth-order valence-corrected chi connectivity index (χ4v) is 5.14. The van der Waals surface area contributed by atoms with Crippen LogP contribution in [0.1, 0.15) is 97.3 Å². The van der Waals surface area contributed by atoms with Crippen LogP contribution in [0, 0.1) is 11.8 Å². The Morgan fingerprint density at radius 1 is 0.897 bits per heavy atom. The maximum Gasteiger partial charge on any atom is 0.242 e. The molecule has 2 saturated carbocycles. The molecule has 2 aliphatic carbocycles. The molecule has 0 unspecified atom stereocenters. The minimum atomic E-state index is -0.421. The van der Waals surface area contributed by atoms with Gasteiger partial charge in [0.05, 0.1) is 0 Å². The largest absolute Gasteiger partial charge is 0.352 e. The van der Waals surface area contributed by atoms with E-state index in [-0.39, 0.29) is 34.8 Å². The van der Waals surface area contributed by atoms with Gasteiger partial charge in [0.1, 0.15) is 6.04 Å². The van der Waals surface area contributed by atoms with E-state index in [1.807, 2.05) is 13.8 Å². The fraction of sp³-hybridized carbons (Fsp3) is 0.870. The highest BCUT2D eigenvalue weighted by Gasteiger charge is 2.28. The fourth-order valence-electron chi connectivity index (χ4n) is 4.26. The Labute approximate surface area is 180 Å². The van der Waals surface area contributed by atoms with Gasteiger partial charge in [-0.3, -0.25) is 14.4 Å². The highest BCUT2D eigenvalue weighted by molar-refractivity contribution is 8.13. The number of unbranched alkanes of at least 4 members (excludes halogenated alkanes) is 2. The zero-order chi connectivity index (χ0) is 21.1. The third-order valence-electron chi connectivity index (χ3n) is 6.16. The molecule has 0 heterocycles. The molecule has 0 spiro atoms. The molecule has 166 valence electrons. The first kappa shape index (κ1) is 24.2. The zero-order valence-corrected chi connectivity index (χ0v) is 19.2. The van der Waals surface area contributed by atoms with Gasteiger partial charge in [-0.1, -0.05) is 70.6 Å². The van der Waals surface area contributed by atoms with Crippen molar-refractivity contribution in [1.82, 2.24) is 10.6 Å². The second-order valence-corrected chi connectivity index (χ2v) is 10.2. The second-order valence-electron chi connectivity index (χ2n) is 9.06. The Balaban J connectivity index is 1.77. The molecule has 0 aromatic carbocycles. The van der Waals surface area contributed by atoms with E-state index >= 15 is 0 Å². The Morgan fingerprint density at radius 3 is 2.21 bits per heavy atom. The van der Waals surface area contributed by atoms with Crippen LogP contribution in [0.25, 0.3) is 0 Å². The number of hydrogen-bond donors (Lipinski definition) is 2. The first-order valence-corrected chi connectivity index (χ1v) is 12.7. The van der Waals surface area contributed by atoms with Crippen molar-refractivity contribution in [1.29, 1.82) is 0 Å². The van der Waals surface area contributed by atoms with Crippen LogP contribution < -0.4 is 10.6 Å². The average molecular weight is 425 g/mol. The molecule has 0 aliphatic heterocycles. The summed E-state index contributed by atoms with van der Waals surface area (Å²) in [6, 6.07) is -0.148. The van der Waals surface area contributed by atoms with E-state index in [9.17, 15) is 14.4 Å². The maximum atomic E-state index is 12.8. The lowest BCUT2D eigenvalue weighted by Crippen LogP contribution is -2.50. The molecule has 29 heavy (non-hydrogen) atoms. The molecule has 0 aromatic rings. The van der Waals surface area contributed by atoms with E-state index in [0.717, 1.165) is 63.5 Å². The first-order chi connectivity index (χ1) is 14.0. The van der Waals surface area contributed by atoms with Gasteiger partial charge in [-0.05, 0) is 38.5 Å². The van der Waals surface area contributed by atoms with Gasteiger partial charge in [0, 0.05) is 23.6 Å². The van der Waals surface area contributed by atoms with E-state index in [1.54, 1.807) is 0 Å². The summed E-state index contributed by atoms with van der Waals surface area (Å²) in [5.41, 5.74) is 0. The van der Waals surface area contributed by atoms with Crippen LogP contribution >= 0.6 is 11.8 Å². The van der Waals surface area contributed by atoms with Gasteiger partial charge >= 0.3 is 0 Å². The molecule has 0 aromatic heterocycles. The molecule has 5 nitrogen and oxygen atoms in total. The smallest absolute Gasteiger partial charge is 0.242 e. The summed E-state index contributed by atoms with van der Waals surface area (Å²) in [7, 11) is 0. The van der Waals surface area contributed by atoms with Crippen molar-refractivity contribution in [3.63, 3.8) is 0 Å². The third kappa shape index (κ3) is 9.10. The highest BCUT2D eigenvalue weighted by Crippen LogP contribution is 2.24. The Kier molecular flexibility index (Phi) is 11.1. The predicted octanol–water partition coefficient (Wildman–Crippen LogP) is 4.59. The monoisotopic (exact) mass is 424 g/mol. The molecule has 2 rings (SSSR count). The quantitative estimate of drug-likeness (QED) is 0.476. The Hall–Kier alpha value is -1.04. The van der Waals surface area contributed by atoms with E-state index in [1.165, 1.54) is 31.0 Å². The molecule has 1 atom stereocenters. The van der Waals surface area contributed by atoms with Crippen molar-refractivity contribution in [3.8, 4) is 0 Å². The van der Waals surface area contributed by atoms with E-state index < -0.39 is 6.04 Å². The minimum absolute atomic E-state index is 0.00887. The number of thioether (sulfide) groups is 1. The average Bonchev–Trinajstić information content (AvgIpc) is 3.22. The van der Waals surface area contributed by atoms with E-state index in [4.69, 9.17) is 0 Å². The second kappa shape index (κ2) is 13.3. The lowest BCUT2D eigenvalue weighted by molar-refractivity contribution is -0.132. The van der Waals surface area contributed by atoms with Gasteiger partial charge < -0.3 is 10.6 Å². The normalized spacial score (nSPS) is 19.3. The van der Waals surface area contributed by atoms with Gasteiger partial charge in [0.2, 0.25) is 11.8 Å². The minimum Gasteiger partial charge on any atom is -0.352 e. The molecule has 2 aliphatic rings. The first-order valence-electron chi connectivity index (χ1n) is 11.7. The van der Waals surface area contributed by atoms with Crippen molar-refractivity contribution in [2.45, 2.75) is 109 Å². The number of carbonyl (C=O) groups excluding carboxylic acids is 3. The van der Waals surface area contributed by atoms with Crippen LogP contribution in [0.3, 0.4) is 0 Å². The van der Waals surface area contributed by atoms with Gasteiger partial charge in [0.15, 0.2) is 5.12 Å². The van der Waals surface area contributed by atoms with Crippen LogP contribution in [0.15, 0.2) is 0 Å². The van der Waals surface area contributed by atoms with Crippen molar-refractivity contribution in [2.75, 3.05) is 5.75 Å². The molecule has 6 heteroatoms. The van der Waals surface area contributed by atoms with Crippen LogP contribution in [-0.4, -0.2) is 34.8 Å². The predicted molar refractivity (Wildman–Crippen MR) is 120 cm³/mol. The van der Waals surface area contributed by atoms with Crippen LogP contribution in [0.5, 0.6) is 0 Å². The van der Waals surface area contributed by atoms with Gasteiger partial charge in [0.25, 0.3) is 0 Å². The molecular weight excluding hydrogens is 384 g/mol. The highest BCUT2D eigenvalue weighted by atomic mass is 32.2. The van der Waals surface area contributed by atoms with Crippen LogP contribution in [0.2, 0.25) is 0 Å². The molecular formula is C23H40N2O3S. The zero-order valence-electron chi connectivity index (χ0n) is 18.3. The summed E-state index contributed by atoms with van der Waals surface area (Å²) in [5.74, 6) is 1.05. The standard InChI is InChI=1S/C23H40N2O3S/c1-17(2)23(28)29-16-10-4-7-15-20(22(27)24-19-13-8-9-14-19)25-21(26)18-11-5-3-6-12-18/h17-20H,3-16H2,1-2H3,(H,24,27)(H,25,26)/t20-/m0/s1. The maximum absolute atomic E-state index is 12.8. The van der Waals surface area contributed by atoms with E-state index in [2.05, 4.69) is 10.6 Å². The summed E-state index contributed by atoms with van der Waals surface area (Å²) in [4.78, 5) is 37.2. The number of rotatable bonds is 11. The molecule has 0 bridgehead atoms. The van der Waals surface area contributed by atoms with Crippen molar-refractivity contribution in [3.05, 3.63) is 0 Å². The van der Waals surface area contributed by atoms with Crippen molar-refractivity contribution in [2.24, 2.45) is 11.8 Å². The van der Waals surface area contributed by atoms with Crippen LogP contribution in [-0.2, 0) is 14.4 Å². The van der Waals surface area contributed by atoms with E-state index in [0.29, 0.717) is 6.42 Å². The van der Waals surface area contributed by atoms with Gasteiger partial charge in [-0.25, -0.2) is 0 Å². The van der Waals surface area contributed by atoms with Gasteiger partial charge in [-0.2, -0.15) is 0 Å². The number of hydrogen-bond acceptors (Lipinski definition) is 4. The molecule has 0 saturated heterocycles. The lowest BCUT2D eigenvalue weighted by Gasteiger charge is -2.25. The summed E-state index contributed by atoms with van der Waals surface area (Å²) in [6.07, 6.45) is 13.3. The Bertz CT molecular complexity index is 526. The lowest BCUT2D eigenvalue weighted by atomic mass is 9.88. The topological polar surface area (TPSA) is 75.3 Å². The number of nitrogens with one attached hydrogen (secondary N) is 2. The Morgan fingerprint density at radius 2 is 1.55 bits per heavy atom. The number of carbonyl (C=O) groups is 3. The van der Waals surface area contributed by atoms with Crippen molar-refractivity contribution < 1.29 is 14.4 Å².